The number of carbonyl (C=O) groups is 5. The van der Waals surface area contributed by atoms with Crippen molar-refractivity contribution in [3.05, 3.63) is 155 Å². The highest BCUT2D eigenvalue weighted by Crippen LogP contribution is 2.26. The summed E-state index contributed by atoms with van der Waals surface area (Å²) in [5.41, 5.74) is 1.84. The zero-order chi connectivity index (χ0) is 49.1. The SMILES string of the molecule is O=C(Cl)c1ccccc1.O=C(c1ccccc1)N1CCOC[C@H]1CO.O=Cc1c(O)cccc1O.O=Cc1c(O)cccc1OC[C@@H]1COCCN1C(=O)c1ccccc1.OC[C@H]1CCCOC1. The van der Waals surface area contributed by atoms with Gasteiger partial charge in [-0.2, -0.15) is 0 Å². The number of ether oxygens (including phenoxy) is 4. The first kappa shape index (κ1) is 54.0. The van der Waals surface area contributed by atoms with Crippen molar-refractivity contribution in [3.63, 3.8) is 0 Å². The van der Waals surface area contributed by atoms with Crippen LogP contribution in [0.2, 0.25) is 0 Å². The van der Waals surface area contributed by atoms with Gasteiger partial charge in [-0.25, -0.2) is 0 Å². The van der Waals surface area contributed by atoms with Crippen molar-refractivity contribution in [1.82, 2.24) is 9.80 Å². The first-order valence-corrected chi connectivity index (χ1v) is 22.2. The number of aldehydes is 2. The van der Waals surface area contributed by atoms with Crippen LogP contribution in [-0.2, 0) is 14.2 Å². The number of phenols is 3. The maximum absolute atomic E-state index is 12.7. The molecule has 3 aliphatic heterocycles. The van der Waals surface area contributed by atoms with E-state index in [0.717, 1.165) is 26.1 Å². The number of carbonyl (C=O) groups excluding carboxylic acids is 5. The van der Waals surface area contributed by atoms with Crippen LogP contribution >= 0.6 is 11.6 Å². The van der Waals surface area contributed by atoms with Gasteiger partial charge in [-0.05, 0) is 73.0 Å². The van der Waals surface area contributed by atoms with E-state index < -0.39 is 5.24 Å². The van der Waals surface area contributed by atoms with Gasteiger partial charge in [-0.1, -0.05) is 78.9 Å². The molecule has 5 N–H and O–H groups in total. The molecule has 5 aromatic rings. The highest BCUT2D eigenvalue weighted by molar-refractivity contribution is 6.67. The van der Waals surface area contributed by atoms with E-state index in [2.05, 4.69) is 0 Å². The minimum atomic E-state index is -0.407. The molecule has 0 aromatic heterocycles. The third kappa shape index (κ3) is 17.2. The van der Waals surface area contributed by atoms with Crippen molar-refractivity contribution in [3.8, 4) is 23.0 Å². The molecule has 3 fully saturated rings. The van der Waals surface area contributed by atoms with Gasteiger partial charge in [0.2, 0.25) is 0 Å². The predicted molar refractivity (Wildman–Crippen MR) is 253 cm³/mol. The molecule has 3 heterocycles. The van der Waals surface area contributed by atoms with Crippen LogP contribution in [0.3, 0.4) is 0 Å². The normalized spacial score (nSPS) is 17.3. The molecule has 0 unspecified atom stereocenters. The van der Waals surface area contributed by atoms with Crippen molar-refractivity contribution in [2.45, 2.75) is 24.9 Å². The van der Waals surface area contributed by atoms with Gasteiger partial charge in [0.25, 0.3) is 17.1 Å². The van der Waals surface area contributed by atoms with Crippen molar-refractivity contribution in [1.29, 1.82) is 0 Å². The predicted octanol–water partition coefficient (Wildman–Crippen LogP) is 6.03. The lowest BCUT2D eigenvalue weighted by Crippen LogP contribution is -2.51. The number of aromatic hydroxyl groups is 3. The minimum absolute atomic E-state index is 0.0389. The summed E-state index contributed by atoms with van der Waals surface area (Å²) < 4.78 is 21.5. The number of hydrogen-bond donors (Lipinski definition) is 5. The molecule has 5 aromatic carbocycles. The third-order valence-electron chi connectivity index (χ3n) is 10.5. The number of aliphatic hydroxyl groups excluding tert-OH is 2. The average molecular weight is 957 g/mol. The molecule has 3 aliphatic rings. The second kappa shape index (κ2) is 29.9. The van der Waals surface area contributed by atoms with Crippen LogP contribution in [0.4, 0.5) is 0 Å². The fraction of sp³-hybridized carbons (Fsp3) is 0.314. The summed E-state index contributed by atoms with van der Waals surface area (Å²) in [6.45, 7) is 4.84. The van der Waals surface area contributed by atoms with Crippen molar-refractivity contribution in [2.75, 3.05) is 72.6 Å². The Morgan fingerprint density at radius 1 is 0.574 bits per heavy atom. The van der Waals surface area contributed by atoms with E-state index in [1.807, 2.05) is 42.5 Å². The van der Waals surface area contributed by atoms with Crippen molar-refractivity contribution < 1.29 is 68.5 Å². The molecule has 362 valence electrons. The van der Waals surface area contributed by atoms with Crippen molar-refractivity contribution in [2.24, 2.45) is 5.92 Å². The molecule has 0 aliphatic carbocycles. The van der Waals surface area contributed by atoms with Crippen LogP contribution in [0.25, 0.3) is 0 Å². The van der Waals surface area contributed by atoms with Crippen LogP contribution in [-0.4, -0.2) is 150 Å². The Morgan fingerprint density at radius 3 is 1.44 bits per heavy atom. The lowest BCUT2D eigenvalue weighted by molar-refractivity contribution is -0.0183. The summed E-state index contributed by atoms with van der Waals surface area (Å²) in [6, 6.07) is 35.2. The van der Waals surface area contributed by atoms with E-state index in [1.54, 1.807) is 70.5 Å². The molecule has 68 heavy (non-hydrogen) atoms. The minimum Gasteiger partial charge on any atom is -0.507 e. The number of amides is 2. The van der Waals surface area contributed by atoms with E-state index in [4.69, 9.17) is 45.9 Å². The molecule has 0 radical (unpaired) electrons. The number of nitrogens with zero attached hydrogens (tertiary/aromatic N) is 2. The topological polar surface area (TPSA) is 230 Å². The maximum atomic E-state index is 12.7. The average Bonchev–Trinajstić information content (AvgIpc) is 3.39. The van der Waals surface area contributed by atoms with Gasteiger partial charge in [0.1, 0.15) is 29.6 Å². The summed E-state index contributed by atoms with van der Waals surface area (Å²) in [4.78, 5) is 59.9. The Labute approximate surface area is 399 Å². The fourth-order valence-corrected chi connectivity index (χ4v) is 6.90. The maximum Gasteiger partial charge on any atom is 0.254 e. The van der Waals surface area contributed by atoms with Gasteiger partial charge < -0.3 is 54.3 Å². The Bertz CT molecular complexity index is 2280. The van der Waals surface area contributed by atoms with Crippen LogP contribution in [0, 0.1) is 5.92 Å². The van der Waals surface area contributed by atoms with Crippen LogP contribution < -0.4 is 4.74 Å². The zero-order valence-electron chi connectivity index (χ0n) is 37.4. The lowest BCUT2D eigenvalue weighted by Gasteiger charge is -2.35. The van der Waals surface area contributed by atoms with E-state index in [0.29, 0.717) is 81.3 Å². The first-order chi connectivity index (χ1) is 33.0. The molecule has 0 bridgehead atoms. The van der Waals surface area contributed by atoms with Crippen LogP contribution in [0.5, 0.6) is 23.0 Å². The van der Waals surface area contributed by atoms with E-state index in [9.17, 15) is 34.2 Å². The third-order valence-corrected chi connectivity index (χ3v) is 10.7. The number of hydrogen-bond acceptors (Lipinski definition) is 14. The van der Waals surface area contributed by atoms with Crippen LogP contribution in [0.15, 0.2) is 127 Å². The summed E-state index contributed by atoms with van der Waals surface area (Å²) in [6.07, 6.45) is 3.21. The summed E-state index contributed by atoms with van der Waals surface area (Å²) in [5, 5.41) is 44.9. The van der Waals surface area contributed by atoms with Crippen LogP contribution in [0.1, 0.15) is 64.6 Å². The number of rotatable bonds is 10. The summed E-state index contributed by atoms with van der Waals surface area (Å²) in [5.74, 6) is 0.0537. The van der Waals surface area contributed by atoms with E-state index >= 15 is 0 Å². The second-order valence-electron chi connectivity index (χ2n) is 15.2. The summed E-state index contributed by atoms with van der Waals surface area (Å²) in [7, 11) is 0. The van der Waals surface area contributed by atoms with E-state index in [1.165, 1.54) is 24.3 Å². The Kier molecular flexibility index (Phi) is 23.7. The second-order valence-corrected chi connectivity index (χ2v) is 15.6. The molecule has 2 amide bonds. The fourth-order valence-electron chi connectivity index (χ4n) is 6.77. The number of phenolic OH excluding ortho intramolecular Hbond substituents is 3. The molecule has 16 nitrogen and oxygen atoms in total. The standard InChI is InChI=1S/C19H19NO5.C12H15NO3.C7H5ClO.C7H6O3.C6H12O2/c21-11-16-17(22)7-4-8-18(16)25-13-15-12-24-10-9-20(15)19(23)14-5-2-1-3-6-14;14-8-11-9-16-7-6-13(11)12(15)10-4-2-1-3-5-10;8-7(9)6-4-2-1-3-5-6;8-4-5-6(9)2-1-3-7(5)10;7-4-6-2-1-3-8-5-6/h1-8,11,15,22H,9-10,12-13H2;1-5,11,14H,6-9H2;1-5H;1-4,9-10H;6-7H,1-5H2/t15-;11-;;;6-/m01..1/s1. The molecular weight excluding hydrogens is 900 g/mol. The molecular formula is C51H57ClN2O14. The quantitative estimate of drug-likeness (QED) is 0.0796. The number of aliphatic hydroxyl groups is 2. The lowest BCUT2D eigenvalue weighted by atomic mass is 10.0. The molecule has 0 saturated carbocycles. The van der Waals surface area contributed by atoms with Crippen molar-refractivity contribution >= 4 is 41.2 Å². The van der Waals surface area contributed by atoms with Gasteiger partial charge >= 0.3 is 0 Å². The van der Waals surface area contributed by atoms with Gasteiger partial charge in [0.05, 0.1) is 62.9 Å². The molecule has 0 spiro atoms. The molecule has 8 rings (SSSR count). The zero-order valence-corrected chi connectivity index (χ0v) is 38.1. The Balaban J connectivity index is 0.000000201. The number of morpholine rings is 2. The smallest absolute Gasteiger partial charge is 0.254 e. The highest BCUT2D eigenvalue weighted by Gasteiger charge is 2.29. The van der Waals surface area contributed by atoms with Gasteiger partial charge in [0, 0.05) is 48.9 Å². The molecule has 3 atom stereocenters. The van der Waals surface area contributed by atoms with E-state index in [-0.39, 0.29) is 71.2 Å². The number of benzene rings is 5. The Hall–Kier alpha value is -6.66. The molecule has 17 heteroatoms. The Morgan fingerprint density at radius 2 is 1.03 bits per heavy atom. The monoisotopic (exact) mass is 956 g/mol. The van der Waals surface area contributed by atoms with Gasteiger partial charge in [-0.3, -0.25) is 24.0 Å². The first-order valence-electron chi connectivity index (χ1n) is 21.8. The summed E-state index contributed by atoms with van der Waals surface area (Å²) >= 11 is 5.16. The van der Waals surface area contributed by atoms with Gasteiger partial charge in [0.15, 0.2) is 12.6 Å². The largest absolute Gasteiger partial charge is 0.507 e. The molecule has 3 saturated heterocycles. The number of halogens is 1. The highest BCUT2D eigenvalue weighted by atomic mass is 35.5. The van der Waals surface area contributed by atoms with Gasteiger partial charge in [-0.15, -0.1) is 0 Å².